The summed E-state index contributed by atoms with van der Waals surface area (Å²) in [5.74, 6) is -0.0274. The SMILES string of the molecule is Cc1ccsc1/C=N\N=C(N)N. The minimum Gasteiger partial charge on any atom is -0.369 e. The van der Waals surface area contributed by atoms with Crippen LogP contribution < -0.4 is 11.5 Å². The van der Waals surface area contributed by atoms with Gasteiger partial charge < -0.3 is 11.5 Å². The number of thiophene rings is 1. The highest BCUT2D eigenvalue weighted by atomic mass is 32.1. The smallest absolute Gasteiger partial charge is 0.211 e. The van der Waals surface area contributed by atoms with Crippen LogP contribution in [-0.2, 0) is 0 Å². The average Bonchev–Trinajstić information content (AvgIpc) is 2.36. The van der Waals surface area contributed by atoms with E-state index in [9.17, 15) is 0 Å². The Bertz CT molecular complexity index is 309. The maximum absolute atomic E-state index is 5.09. The van der Waals surface area contributed by atoms with Gasteiger partial charge in [-0.1, -0.05) is 0 Å². The molecule has 5 heteroatoms. The molecule has 0 atom stereocenters. The van der Waals surface area contributed by atoms with Gasteiger partial charge in [0.05, 0.1) is 11.1 Å². The number of nitrogens with two attached hydrogens (primary N) is 2. The van der Waals surface area contributed by atoms with E-state index in [1.807, 2.05) is 18.4 Å². The Kier molecular flexibility index (Phi) is 2.82. The van der Waals surface area contributed by atoms with Gasteiger partial charge in [0, 0.05) is 0 Å². The molecule has 0 radical (unpaired) electrons. The minimum absolute atomic E-state index is 0.0274. The molecule has 0 bridgehead atoms. The second kappa shape index (κ2) is 3.87. The van der Waals surface area contributed by atoms with Crippen molar-refractivity contribution in [2.45, 2.75) is 6.92 Å². The molecule has 0 fully saturated rings. The standard InChI is InChI=1S/C7H10N4S/c1-5-2-3-12-6(5)4-10-11-7(8)9/h2-4H,1H3,(H4,8,9,11)/b10-4-. The average molecular weight is 182 g/mol. The van der Waals surface area contributed by atoms with Gasteiger partial charge >= 0.3 is 0 Å². The van der Waals surface area contributed by atoms with E-state index in [2.05, 4.69) is 10.2 Å². The predicted molar refractivity (Wildman–Crippen MR) is 52.5 cm³/mol. The quantitative estimate of drug-likeness (QED) is 0.400. The number of aryl methyl sites for hydroxylation is 1. The largest absolute Gasteiger partial charge is 0.369 e. The first-order valence-corrected chi connectivity index (χ1v) is 4.24. The molecule has 0 aromatic carbocycles. The second-order valence-corrected chi connectivity index (χ2v) is 3.18. The van der Waals surface area contributed by atoms with Gasteiger partial charge in [-0.05, 0) is 23.9 Å². The Balaban J connectivity index is 2.70. The van der Waals surface area contributed by atoms with E-state index >= 15 is 0 Å². The summed E-state index contributed by atoms with van der Waals surface area (Å²) in [5.41, 5.74) is 11.4. The maximum atomic E-state index is 5.09. The summed E-state index contributed by atoms with van der Waals surface area (Å²) in [7, 11) is 0. The van der Waals surface area contributed by atoms with Crippen molar-refractivity contribution in [2.24, 2.45) is 21.7 Å². The van der Waals surface area contributed by atoms with Crippen molar-refractivity contribution in [1.82, 2.24) is 0 Å². The van der Waals surface area contributed by atoms with Crippen LogP contribution in [0.25, 0.3) is 0 Å². The molecule has 1 aromatic rings. The van der Waals surface area contributed by atoms with Crippen LogP contribution in [0, 0.1) is 6.92 Å². The first-order valence-electron chi connectivity index (χ1n) is 3.36. The van der Waals surface area contributed by atoms with Crippen LogP contribution >= 0.6 is 11.3 Å². The van der Waals surface area contributed by atoms with Crippen molar-refractivity contribution in [1.29, 1.82) is 0 Å². The molecule has 0 unspecified atom stereocenters. The van der Waals surface area contributed by atoms with Gasteiger partial charge in [-0.2, -0.15) is 5.10 Å². The van der Waals surface area contributed by atoms with E-state index in [4.69, 9.17) is 11.5 Å². The lowest BCUT2D eigenvalue weighted by Gasteiger charge is -1.86. The third-order valence-electron chi connectivity index (χ3n) is 1.25. The van der Waals surface area contributed by atoms with Gasteiger partial charge in [0.1, 0.15) is 0 Å². The molecule has 4 nitrogen and oxygen atoms in total. The molecule has 0 amide bonds. The molecule has 4 N–H and O–H groups in total. The molecule has 12 heavy (non-hydrogen) atoms. The van der Waals surface area contributed by atoms with Gasteiger partial charge in [0.15, 0.2) is 0 Å². The van der Waals surface area contributed by atoms with Crippen LogP contribution in [0.4, 0.5) is 0 Å². The van der Waals surface area contributed by atoms with Crippen molar-refractivity contribution in [3.8, 4) is 0 Å². The zero-order valence-corrected chi connectivity index (χ0v) is 7.51. The number of hydrogen-bond donors (Lipinski definition) is 2. The first kappa shape index (κ1) is 8.73. The first-order chi connectivity index (χ1) is 5.70. The minimum atomic E-state index is -0.0274. The van der Waals surface area contributed by atoms with Crippen LogP contribution in [-0.4, -0.2) is 12.2 Å². The van der Waals surface area contributed by atoms with E-state index in [1.165, 1.54) is 5.56 Å². The third kappa shape index (κ3) is 2.35. The maximum Gasteiger partial charge on any atom is 0.211 e. The Morgan fingerprint density at radius 3 is 2.83 bits per heavy atom. The summed E-state index contributed by atoms with van der Waals surface area (Å²) in [5, 5.41) is 9.18. The van der Waals surface area contributed by atoms with Crippen LogP contribution in [0.1, 0.15) is 10.4 Å². The topological polar surface area (TPSA) is 76.8 Å². The third-order valence-corrected chi connectivity index (χ3v) is 2.20. The van der Waals surface area contributed by atoms with E-state index in [1.54, 1.807) is 17.6 Å². The van der Waals surface area contributed by atoms with E-state index in [0.717, 1.165) is 4.88 Å². The Morgan fingerprint density at radius 1 is 1.58 bits per heavy atom. The molecule has 0 aliphatic heterocycles. The molecule has 0 aliphatic rings. The number of hydrogen-bond acceptors (Lipinski definition) is 3. The van der Waals surface area contributed by atoms with Crippen molar-refractivity contribution in [3.63, 3.8) is 0 Å². The Hall–Kier alpha value is -1.36. The van der Waals surface area contributed by atoms with Crippen LogP contribution in [0.15, 0.2) is 21.6 Å². The molecule has 0 aliphatic carbocycles. The van der Waals surface area contributed by atoms with Gasteiger partial charge in [-0.15, -0.1) is 16.4 Å². The fraction of sp³-hybridized carbons (Fsp3) is 0.143. The lowest BCUT2D eigenvalue weighted by atomic mass is 10.3. The van der Waals surface area contributed by atoms with Gasteiger partial charge in [-0.3, -0.25) is 0 Å². The fourth-order valence-electron chi connectivity index (χ4n) is 0.665. The summed E-state index contributed by atoms with van der Waals surface area (Å²) >= 11 is 1.60. The zero-order valence-electron chi connectivity index (χ0n) is 6.69. The Labute approximate surface area is 74.6 Å². The number of guanidine groups is 1. The molecule has 0 saturated heterocycles. The monoisotopic (exact) mass is 182 g/mol. The Morgan fingerprint density at radius 2 is 2.33 bits per heavy atom. The fourth-order valence-corrected chi connectivity index (χ4v) is 1.45. The van der Waals surface area contributed by atoms with Crippen molar-refractivity contribution in [2.75, 3.05) is 0 Å². The van der Waals surface area contributed by atoms with Crippen molar-refractivity contribution < 1.29 is 0 Å². The van der Waals surface area contributed by atoms with Crippen LogP contribution in [0.2, 0.25) is 0 Å². The van der Waals surface area contributed by atoms with E-state index in [0.29, 0.717) is 0 Å². The number of nitrogens with zero attached hydrogens (tertiary/aromatic N) is 2. The summed E-state index contributed by atoms with van der Waals surface area (Å²) in [6.07, 6.45) is 1.64. The number of rotatable bonds is 2. The summed E-state index contributed by atoms with van der Waals surface area (Å²) in [4.78, 5) is 1.07. The zero-order chi connectivity index (χ0) is 8.97. The molecule has 1 rings (SSSR count). The van der Waals surface area contributed by atoms with Gasteiger partial charge in [0.25, 0.3) is 0 Å². The summed E-state index contributed by atoms with van der Waals surface area (Å²) in [6, 6.07) is 2.02. The molecular weight excluding hydrogens is 172 g/mol. The highest BCUT2D eigenvalue weighted by Gasteiger charge is 1.93. The van der Waals surface area contributed by atoms with Crippen LogP contribution in [0.3, 0.4) is 0 Å². The summed E-state index contributed by atoms with van der Waals surface area (Å²) in [6.45, 7) is 2.01. The van der Waals surface area contributed by atoms with E-state index in [-0.39, 0.29) is 5.96 Å². The van der Waals surface area contributed by atoms with E-state index < -0.39 is 0 Å². The normalized spacial score (nSPS) is 10.4. The highest BCUT2D eigenvalue weighted by molar-refractivity contribution is 7.11. The van der Waals surface area contributed by atoms with Crippen LogP contribution in [0.5, 0.6) is 0 Å². The van der Waals surface area contributed by atoms with Gasteiger partial charge in [-0.25, -0.2) is 0 Å². The molecular formula is C7H10N4S. The molecule has 1 aromatic heterocycles. The lowest BCUT2D eigenvalue weighted by Crippen LogP contribution is -2.21. The van der Waals surface area contributed by atoms with Crippen molar-refractivity contribution in [3.05, 3.63) is 21.9 Å². The molecule has 64 valence electrons. The molecule has 0 spiro atoms. The predicted octanol–water partition coefficient (Wildman–Crippen LogP) is 0.664. The molecule has 1 heterocycles. The lowest BCUT2D eigenvalue weighted by molar-refractivity contribution is 1.22. The highest BCUT2D eigenvalue weighted by Crippen LogP contribution is 2.12. The second-order valence-electron chi connectivity index (χ2n) is 2.24. The molecule has 0 saturated carbocycles. The summed E-state index contributed by atoms with van der Waals surface area (Å²) < 4.78 is 0. The van der Waals surface area contributed by atoms with Gasteiger partial charge in [0.2, 0.25) is 5.96 Å². The van der Waals surface area contributed by atoms with Crippen molar-refractivity contribution >= 4 is 23.5 Å².